The van der Waals surface area contributed by atoms with Gasteiger partial charge < -0.3 is 24.8 Å². The first kappa shape index (κ1) is 20.5. The second-order valence-electron chi connectivity index (χ2n) is 6.06. The number of thiophene rings is 1. The number of hydrogen-bond donors (Lipinski definition) is 2. The molecule has 3 rings (SSSR count). The van der Waals surface area contributed by atoms with E-state index in [1.807, 2.05) is 37.3 Å². The van der Waals surface area contributed by atoms with E-state index < -0.39 is 5.97 Å². The predicted octanol–water partition coefficient (Wildman–Crippen LogP) is 4.42. The van der Waals surface area contributed by atoms with Crippen LogP contribution in [-0.4, -0.2) is 32.8 Å². The van der Waals surface area contributed by atoms with Crippen molar-refractivity contribution in [3.05, 3.63) is 52.9 Å². The summed E-state index contributed by atoms with van der Waals surface area (Å²) in [6.45, 7) is 2.62. The molecule has 7 nitrogen and oxygen atoms in total. The van der Waals surface area contributed by atoms with Crippen molar-refractivity contribution in [2.24, 2.45) is 0 Å². The third-order valence-electron chi connectivity index (χ3n) is 4.15. The summed E-state index contributed by atoms with van der Waals surface area (Å²) in [6.07, 6.45) is 0. The molecule has 2 aromatic carbocycles. The number of rotatable bonds is 7. The molecule has 0 saturated carbocycles. The molecule has 2 N–H and O–H groups in total. The van der Waals surface area contributed by atoms with Crippen LogP contribution in [0.1, 0.15) is 22.2 Å². The second-order valence-corrected chi connectivity index (χ2v) is 7.11. The fourth-order valence-electron chi connectivity index (χ4n) is 2.81. The van der Waals surface area contributed by atoms with Gasteiger partial charge in [0.2, 0.25) is 0 Å². The van der Waals surface area contributed by atoms with Gasteiger partial charge in [-0.15, -0.1) is 11.3 Å². The lowest BCUT2D eigenvalue weighted by Crippen LogP contribution is -2.28. The molecule has 0 aliphatic carbocycles. The van der Waals surface area contributed by atoms with Gasteiger partial charge in [0.15, 0.2) is 10.6 Å². The van der Waals surface area contributed by atoms with Gasteiger partial charge in [0.1, 0.15) is 5.75 Å². The zero-order valence-electron chi connectivity index (χ0n) is 16.4. The van der Waals surface area contributed by atoms with Crippen LogP contribution >= 0.6 is 11.3 Å². The van der Waals surface area contributed by atoms with Gasteiger partial charge in [0.25, 0.3) is 0 Å². The minimum absolute atomic E-state index is 0.339. The Morgan fingerprint density at radius 1 is 1.10 bits per heavy atom. The number of amides is 2. The summed E-state index contributed by atoms with van der Waals surface area (Å²) in [5, 5.41) is 6.37. The molecule has 0 fully saturated rings. The Morgan fingerprint density at radius 3 is 2.66 bits per heavy atom. The summed E-state index contributed by atoms with van der Waals surface area (Å²) >= 11 is 1.30. The topological polar surface area (TPSA) is 85.9 Å². The molecular weight excluding hydrogens is 392 g/mol. The van der Waals surface area contributed by atoms with Crippen LogP contribution < -0.4 is 20.1 Å². The van der Waals surface area contributed by atoms with E-state index in [1.54, 1.807) is 19.2 Å². The quantitative estimate of drug-likeness (QED) is 0.559. The molecule has 0 aliphatic rings. The highest BCUT2D eigenvalue weighted by Gasteiger charge is 2.20. The number of benzene rings is 2. The van der Waals surface area contributed by atoms with Crippen molar-refractivity contribution in [1.82, 2.24) is 5.32 Å². The molecule has 1 aromatic heterocycles. The highest BCUT2D eigenvalue weighted by atomic mass is 32.1. The maximum absolute atomic E-state index is 12.3. The average molecular weight is 414 g/mol. The molecule has 1 heterocycles. The molecule has 0 unspecified atom stereocenters. The van der Waals surface area contributed by atoms with Crippen molar-refractivity contribution in [2.75, 3.05) is 26.1 Å². The Hall–Kier alpha value is -3.26. The standard InChI is InChI=1S/C21H22N2O5S/c1-4-28-18-16-11-14(8-9-17(16)29-19(18)20(24)27-3)23-21(25)22-12-13-6-5-7-15(10-13)26-2/h5-11H,4,12H2,1-3H3,(H2,22,23,25). The smallest absolute Gasteiger partial charge is 0.351 e. The Morgan fingerprint density at radius 2 is 1.93 bits per heavy atom. The molecule has 0 radical (unpaired) electrons. The Labute approximate surface area is 172 Å². The number of fused-ring (bicyclic) bond motifs is 1. The van der Waals surface area contributed by atoms with Crippen LogP contribution in [0.15, 0.2) is 42.5 Å². The zero-order chi connectivity index (χ0) is 20.8. The number of esters is 1. The summed E-state index contributed by atoms with van der Waals surface area (Å²) in [7, 11) is 2.93. The first-order valence-corrected chi connectivity index (χ1v) is 9.82. The van der Waals surface area contributed by atoms with Crippen molar-refractivity contribution in [3.8, 4) is 11.5 Å². The Balaban J connectivity index is 1.74. The van der Waals surface area contributed by atoms with E-state index in [2.05, 4.69) is 10.6 Å². The Bertz CT molecular complexity index is 1030. The van der Waals surface area contributed by atoms with E-state index in [-0.39, 0.29) is 6.03 Å². The van der Waals surface area contributed by atoms with E-state index in [9.17, 15) is 9.59 Å². The number of hydrogen-bond acceptors (Lipinski definition) is 6. The summed E-state index contributed by atoms with van der Waals surface area (Å²) in [4.78, 5) is 24.7. The van der Waals surface area contributed by atoms with Gasteiger partial charge in [-0.05, 0) is 42.8 Å². The molecule has 0 saturated heterocycles. The lowest BCUT2D eigenvalue weighted by molar-refractivity contribution is 0.0602. The molecular formula is C21H22N2O5S. The van der Waals surface area contributed by atoms with Gasteiger partial charge >= 0.3 is 12.0 Å². The van der Waals surface area contributed by atoms with Crippen LogP contribution in [0.2, 0.25) is 0 Å². The van der Waals surface area contributed by atoms with E-state index >= 15 is 0 Å². The summed E-state index contributed by atoms with van der Waals surface area (Å²) in [6, 6.07) is 12.5. The van der Waals surface area contributed by atoms with E-state index in [0.29, 0.717) is 29.5 Å². The van der Waals surface area contributed by atoms with Gasteiger partial charge in [-0.25, -0.2) is 9.59 Å². The van der Waals surface area contributed by atoms with E-state index in [0.717, 1.165) is 21.4 Å². The van der Waals surface area contributed by atoms with E-state index in [1.165, 1.54) is 18.4 Å². The van der Waals surface area contributed by atoms with Crippen LogP contribution in [0.5, 0.6) is 11.5 Å². The summed E-state index contributed by atoms with van der Waals surface area (Å²) in [5.74, 6) is 0.762. The monoisotopic (exact) mass is 414 g/mol. The molecule has 2 amide bonds. The minimum atomic E-state index is -0.444. The van der Waals surface area contributed by atoms with Gasteiger partial charge in [0, 0.05) is 22.3 Å². The minimum Gasteiger partial charge on any atom is -0.497 e. The average Bonchev–Trinajstić information content (AvgIpc) is 3.10. The molecule has 0 spiro atoms. The van der Waals surface area contributed by atoms with Crippen LogP contribution in [0.25, 0.3) is 10.1 Å². The highest BCUT2D eigenvalue weighted by Crippen LogP contribution is 2.39. The molecule has 0 bridgehead atoms. The van der Waals surface area contributed by atoms with Crippen LogP contribution in [0.3, 0.4) is 0 Å². The SMILES string of the molecule is CCOc1c(C(=O)OC)sc2ccc(NC(=O)NCc3cccc(OC)c3)cc12. The lowest BCUT2D eigenvalue weighted by atomic mass is 10.2. The largest absolute Gasteiger partial charge is 0.497 e. The normalized spacial score (nSPS) is 10.4. The molecule has 29 heavy (non-hydrogen) atoms. The van der Waals surface area contributed by atoms with Crippen molar-refractivity contribution < 1.29 is 23.8 Å². The van der Waals surface area contributed by atoms with Crippen LogP contribution in [-0.2, 0) is 11.3 Å². The van der Waals surface area contributed by atoms with Gasteiger partial charge in [0.05, 0.1) is 20.8 Å². The zero-order valence-corrected chi connectivity index (χ0v) is 17.2. The number of nitrogens with one attached hydrogen (secondary N) is 2. The molecule has 3 aromatic rings. The molecule has 8 heteroatoms. The van der Waals surface area contributed by atoms with E-state index in [4.69, 9.17) is 14.2 Å². The molecule has 0 atom stereocenters. The number of anilines is 1. The lowest BCUT2D eigenvalue weighted by Gasteiger charge is -2.09. The summed E-state index contributed by atoms with van der Waals surface area (Å²) < 4.78 is 16.6. The van der Waals surface area contributed by atoms with Crippen molar-refractivity contribution in [2.45, 2.75) is 13.5 Å². The maximum atomic E-state index is 12.3. The number of methoxy groups -OCH3 is 2. The maximum Gasteiger partial charge on any atom is 0.351 e. The third kappa shape index (κ3) is 4.78. The summed E-state index contributed by atoms with van der Waals surface area (Å²) in [5.41, 5.74) is 1.52. The van der Waals surface area contributed by atoms with Gasteiger partial charge in [-0.1, -0.05) is 12.1 Å². The predicted molar refractivity (Wildman–Crippen MR) is 113 cm³/mol. The third-order valence-corrected chi connectivity index (χ3v) is 5.28. The molecule has 0 aliphatic heterocycles. The fourth-order valence-corrected chi connectivity index (χ4v) is 3.85. The van der Waals surface area contributed by atoms with Crippen molar-refractivity contribution in [3.63, 3.8) is 0 Å². The molecule has 152 valence electrons. The van der Waals surface area contributed by atoms with Crippen molar-refractivity contribution in [1.29, 1.82) is 0 Å². The first-order valence-electron chi connectivity index (χ1n) is 9.01. The van der Waals surface area contributed by atoms with Crippen LogP contribution in [0, 0.1) is 0 Å². The number of carbonyl (C=O) groups is 2. The van der Waals surface area contributed by atoms with Gasteiger partial charge in [-0.2, -0.15) is 0 Å². The number of urea groups is 1. The number of ether oxygens (including phenoxy) is 3. The highest BCUT2D eigenvalue weighted by molar-refractivity contribution is 7.21. The second kappa shape index (κ2) is 9.29. The fraction of sp³-hybridized carbons (Fsp3) is 0.238. The van der Waals surface area contributed by atoms with Crippen LogP contribution in [0.4, 0.5) is 10.5 Å². The Kier molecular flexibility index (Phi) is 6.56. The van der Waals surface area contributed by atoms with Gasteiger partial charge in [-0.3, -0.25) is 0 Å². The first-order chi connectivity index (χ1) is 14.0. The number of carbonyl (C=O) groups excluding carboxylic acids is 2. The van der Waals surface area contributed by atoms with Crippen molar-refractivity contribution >= 4 is 39.1 Å².